The number of carboxylic acid groups (broad SMARTS) is 1. The molecule has 0 spiro atoms. The Bertz CT molecular complexity index is 1730. The van der Waals surface area contributed by atoms with E-state index in [4.69, 9.17) is 5.26 Å². The summed E-state index contributed by atoms with van der Waals surface area (Å²) in [4.78, 5) is 26.3. The number of carbonyl (C=O) groups is 2. The molecule has 0 aliphatic carbocycles. The van der Waals surface area contributed by atoms with Crippen LogP contribution >= 0.6 is 0 Å². The Balaban J connectivity index is 1.62. The lowest BCUT2D eigenvalue weighted by molar-refractivity contribution is -0.118. The molecule has 0 fully saturated rings. The Morgan fingerprint density at radius 2 is 1.46 bits per heavy atom. The average Bonchev–Trinajstić information content (AvgIpc) is 2.96. The number of aromatic hydroxyl groups is 1. The number of anilines is 1. The predicted octanol–water partition coefficient (Wildman–Crippen LogP) is 4.79. The summed E-state index contributed by atoms with van der Waals surface area (Å²) in [6.07, 6.45) is 0. The molecule has 208 valence electrons. The van der Waals surface area contributed by atoms with Gasteiger partial charge in [0.05, 0.1) is 29.6 Å². The number of nitriles is 1. The van der Waals surface area contributed by atoms with Crippen LogP contribution in [0.15, 0.2) is 95.9 Å². The number of sulfonamides is 1. The molecule has 0 saturated heterocycles. The van der Waals surface area contributed by atoms with Crippen molar-refractivity contribution in [3.8, 4) is 22.9 Å². The summed E-state index contributed by atoms with van der Waals surface area (Å²) in [6.45, 7) is 1.36. The summed E-state index contributed by atoms with van der Waals surface area (Å²) >= 11 is 0. The Kier molecular flexibility index (Phi) is 8.52. The Morgan fingerprint density at radius 1 is 0.878 bits per heavy atom. The van der Waals surface area contributed by atoms with Crippen molar-refractivity contribution in [3.63, 3.8) is 0 Å². The number of amides is 1. The van der Waals surface area contributed by atoms with Crippen molar-refractivity contribution >= 4 is 27.6 Å². The van der Waals surface area contributed by atoms with E-state index in [0.29, 0.717) is 11.1 Å². The van der Waals surface area contributed by atoms with Crippen molar-refractivity contribution in [2.45, 2.75) is 18.4 Å². The van der Waals surface area contributed by atoms with Crippen LogP contribution in [0.2, 0.25) is 0 Å². The van der Waals surface area contributed by atoms with Crippen molar-refractivity contribution in [2.75, 3.05) is 18.5 Å². The van der Waals surface area contributed by atoms with Crippen molar-refractivity contribution < 1.29 is 28.2 Å². The van der Waals surface area contributed by atoms with Crippen molar-refractivity contribution in [1.82, 2.24) is 4.31 Å². The first-order chi connectivity index (χ1) is 19.5. The molecule has 4 rings (SSSR count). The van der Waals surface area contributed by atoms with Gasteiger partial charge in [0, 0.05) is 18.8 Å². The van der Waals surface area contributed by atoms with Crippen LogP contribution in [-0.2, 0) is 21.4 Å². The number of nitrogens with zero attached hydrogens (tertiary/aromatic N) is 3. The van der Waals surface area contributed by atoms with Crippen molar-refractivity contribution in [1.29, 1.82) is 5.26 Å². The molecule has 0 radical (unpaired) electrons. The maximum absolute atomic E-state index is 13.6. The van der Waals surface area contributed by atoms with Gasteiger partial charge in [0.25, 0.3) is 0 Å². The van der Waals surface area contributed by atoms with E-state index in [0.717, 1.165) is 21.0 Å². The topological polar surface area (TPSA) is 139 Å². The van der Waals surface area contributed by atoms with Gasteiger partial charge >= 0.3 is 5.97 Å². The summed E-state index contributed by atoms with van der Waals surface area (Å²) in [5.74, 6) is -2.43. The Hall–Kier alpha value is -4.98. The van der Waals surface area contributed by atoms with E-state index in [2.05, 4.69) is 6.07 Å². The molecular formula is C31H27N3O6S. The van der Waals surface area contributed by atoms with Gasteiger partial charge in [-0.2, -0.15) is 9.57 Å². The Labute approximate surface area is 238 Å². The number of carbonyl (C=O) groups excluding carboxylic acids is 1. The summed E-state index contributed by atoms with van der Waals surface area (Å²) in [5, 5.41) is 28.6. The smallest absolute Gasteiger partial charge is 0.339 e. The minimum atomic E-state index is -3.97. The molecule has 2 N–H and O–H groups in total. The lowest BCUT2D eigenvalue weighted by atomic mass is 10.0. The summed E-state index contributed by atoms with van der Waals surface area (Å²) in [6, 6.07) is 26.6. The van der Waals surface area contributed by atoms with Crippen LogP contribution in [0.25, 0.3) is 11.1 Å². The third kappa shape index (κ3) is 6.61. The first kappa shape index (κ1) is 29.0. The molecule has 1 amide bonds. The van der Waals surface area contributed by atoms with E-state index in [1.165, 1.54) is 42.3 Å². The van der Waals surface area contributed by atoms with Crippen LogP contribution in [0.5, 0.6) is 5.75 Å². The van der Waals surface area contributed by atoms with E-state index >= 15 is 0 Å². The highest BCUT2D eigenvalue weighted by Crippen LogP contribution is 2.28. The fraction of sp³-hybridized carbons (Fsp3) is 0.129. The predicted molar refractivity (Wildman–Crippen MR) is 154 cm³/mol. The van der Waals surface area contributed by atoms with Gasteiger partial charge in [0.15, 0.2) is 0 Å². The number of phenols is 1. The minimum absolute atomic E-state index is 0.0246. The largest absolute Gasteiger partial charge is 0.507 e. The molecule has 0 saturated carbocycles. The van der Waals surface area contributed by atoms with Crippen molar-refractivity contribution in [3.05, 3.63) is 113 Å². The van der Waals surface area contributed by atoms with Gasteiger partial charge in [-0.15, -0.1) is 0 Å². The molecule has 0 aliphatic rings. The van der Waals surface area contributed by atoms with Crippen LogP contribution < -0.4 is 4.90 Å². The quantitative estimate of drug-likeness (QED) is 0.295. The van der Waals surface area contributed by atoms with Gasteiger partial charge in [0.2, 0.25) is 15.9 Å². The molecule has 4 aromatic carbocycles. The van der Waals surface area contributed by atoms with E-state index < -0.39 is 34.2 Å². The van der Waals surface area contributed by atoms with E-state index in [1.807, 2.05) is 43.3 Å². The number of benzene rings is 4. The highest BCUT2D eigenvalue weighted by Gasteiger charge is 2.27. The second kappa shape index (κ2) is 12.0. The number of aryl methyl sites for hydroxylation is 1. The van der Waals surface area contributed by atoms with Crippen LogP contribution in [-0.4, -0.2) is 48.4 Å². The van der Waals surface area contributed by atoms with Crippen LogP contribution in [0.4, 0.5) is 5.69 Å². The maximum atomic E-state index is 13.6. The van der Waals surface area contributed by atoms with Crippen molar-refractivity contribution in [2.24, 2.45) is 0 Å². The number of hydrogen-bond acceptors (Lipinski definition) is 6. The number of carboxylic acids is 1. The normalized spacial score (nSPS) is 11.2. The lowest BCUT2D eigenvalue weighted by Crippen LogP contribution is -2.41. The van der Waals surface area contributed by atoms with E-state index in [1.54, 1.807) is 24.3 Å². The highest BCUT2D eigenvalue weighted by molar-refractivity contribution is 7.89. The zero-order chi connectivity index (χ0) is 29.7. The molecular weight excluding hydrogens is 542 g/mol. The minimum Gasteiger partial charge on any atom is -0.507 e. The number of likely N-dealkylation sites (N-methyl/N-ethyl adjacent to an activating group) is 1. The zero-order valence-electron chi connectivity index (χ0n) is 22.4. The molecule has 0 heterocycles. The lowest BCUT2D eigenvalue weighted by Gasteiger charge is -2.26. The third-order valence-electron chi connectivity index (χ3n) is 6.55. The second-order valence-corrected chi connectivity index (χ2v) is 11.5. The van der Waals surface area contributed by atoms with Gasteiger partial charge in [-0.05, 0) is 60.0 Å². The second-order valence-electron chi connectivity index (χ2n) is 9.45. The van der Waals surface area contributed by atoms with Crippen LogP contribution in [0.1, 0.15) is 27.0 Å². The number of aromatic carboxylic acids is 1. The maximum Gasteiger partial charge on any atom is 0.339 e. The Morgan fingerprint density at radius 3 is 2.00 bits per heavy atom. The molecule has 9 nitrogen and oxygen atoms in total. The average molecular weight is 570 g/mol. The van der Waals surface area contributed by atoms with Gasteiger partial charge in [-0.1, -0.05) is 54.1 Å². The molecule has 0 aliphatic heterocycles. The summed E-state index contributed by atoms with van der Waals surface area (Å²) < 4.78 is 27.2. The first-order valence-electron chi connectivity index (χ1n) is 12.5. The molecule has 4 aromatic rings. The first-order valence-corrected chi connectivity index (χ1v) is 13.9. The number of rotatable bonds is 9. The molecule has 0 bridgehead atoms. The van der Waals surface area contributed by atoms with E-state index in [9.17, 15) is 28.2 Å². The standard InChI is InChI=1S/C31H27N3O6S/c1-21-3-14-27(15-4-21)41(39,40)33(2)20-30(36)34(26-13-16-28(31(37)38)29(35)17-26)19-23-7-11-25(12-8-23)24-9-5-22(18-32)6-10-24/h3-17,35H,19-20H2,1-2H3,(H,37,38). The monoisotopic (exact) mass is 569 g/mol. The molecule has 0 atom stereocenters. The van der Waals surface area contributed by atoms with E-state index in [-0.39, 0.29) is 22.7 Å². The molecule has 41 heavy (non-hydrogen) atoms. The molecule has 0 aromatic heterocycles. The van der Waals surface area contributed by atoms with Crippen LogP contribution in [0.3, 0.4) is 0 Å². The zero-order valence-corrected chi connectivity index (χ0v) is 23.2. The molecule has 10 heteroatoms. The third-order valence-corrected chi connectivity index (χ3v) is 8.37. The fourth-order valence-corrected chi connectivity index (χ4v) is 5.29. The number of hydrogen-bond donors (Lipinski definition) is 2. The van der Waals surface area contributed by atoms with Crippen LogP contribution in [0, 0.1) is 18.3 Å². The molecule has 0 unspecified atom stereocenters. The SMILES string of the molecule is Cc1ccc(S(=O)(=O)N(C)CC(=O)N(Cc2ccc(-c3ccc(C#N)cc3)cc2)c2ccc(C(=O)O)c(O)c2)cc1. The summed E-state index contributed by atoms with van der Waals surface area (Å²) in [5.41, 5.74) is 3.82. The van der Waals surface area contributed by atoms with Gasteiger partial charge < -0.3 is 15.1 Å². The van der Waals surface area contributed by atoms with Gasteiger partial charge in [-0.25, -0.2) is 13.2 Å². The summed E-state index contributed by atoms with van der Waals surface area (Å²) in [7, 11) is -2.66. The fourth-order valence-electron chi connectivity index (χ4n) is 4.17. The highest BCUT2D eigenvalue weighted by atomic mass is 32.2. The van der Waals surface area contributed by atoms with Gasteiger partial charge in [-0.3, -0.25) is 4.79 Å². The van der Waals surface area contributed by atoms with Gasteiger partial charge in [0.1, 0.15) is 11.3 Å².